The molecule has 0 aromatic heterocycles. The summed E-state index contributed by atoms with van der Waals surface area (Å²) in [7, 11) is 0. The minimum absolute atomic E-state index is 0.0653. The summed E-state index contributed by atoms with van der Waals surface area (Å²) in [6.45, 7) is 11.2. The molecule has 2 nitrogen and oxygen atoms in total. The number of rotatable bonds is 3. The maximum atomic E-state index is 10.2. The third-order valence-electron chi connectivity index (χ3n) is 4.10. The van der Waals surface area contributed by atoms with Crippen LogP contribution in [-0.2, 0) is 0 Å². The van der Waals surface area contributed by atoms with Crippen LogP contribution in [0.4, 0.5) is 0 Å². The first-order valence-electron chi connectivity index (χ1n) is 5.05. The summed E-state index contributed by atoms with van der Waals surface area (Å²) in [5, 5.41) is 10.2. The van der Waals surface area contributed by atoms with Crippen molar-refractivity contribution in [1.82, 2.24) is 0 Å². The van der Waals surface area contributed by atoms with Gasteiger partial charge in [0.05, 0.1) is 6.10 Å². The van der Waals surface area contributed by atoms with E-state index in [1.54, 1.807) is 0 Å². The highest BCUT2D eigenvalue weighted by atomic mass is 16.3. The number of nitrogens with two attached hydrogens (primary N) is 1. The van der Waals surface area contributed by atoms with E-state index in [1.807, 2.05) is 13.8 Å². The molecule has 13 heavy (non-hydrogen) atoms. The van der Waals surface area contributed by atoms with Gasteiger partial charge in [-0.15, -0.1) is 0 Å². The Morgan fingerprint density at radius 2 is 1.77 bits per heavy atom. The summed E-state index contributed by atoms with van der Waals surface area (Å²) in [4.78, 5) is 0. The Morgan fingerprint density at radius 3 is 2.00 bits per heavy atom. The zero-order valence-electron chi connectivity index (χ0n) is 9.52. The van der Waals surface area contributed by atoms with Crippen molar-refractivity contribution in [2.24, 2.45) is 22.0 Å². The lowest BCUT2D eigenvalue weighted by Gasteiger charge is -2.35. The summed E-state index contributed by atoms with van der Waals surface area (Å²) in [6, 6.07) is 0. The average Bonchev–Trinajstić information content (AvgIpc) is 2.51. The Bertz CT molecular complexity index is 210. The first-order chi connectivity index (χ1) is 5.67. The van der Waals surface area contributed by atoms with Crippen molar-refractivity contribution in [3.63, 3.8) is 0 Å². The Balaban J connectivity index is 2.76. The van der Waals surface area contributed by atoms with E-state index in [4.69, 9.17) is 5.73 Å². The largest absolute Gasteiger partial charge is 0.392 e. The molecule has 2 atom stereocenters. The second kappa shape index (κ2) is 2.71. The molecule has 1 rings (SSSR count). The van der Waals surface area contributed by atoms with Crippen molar-refractivity contribution in [2.45, 2.75) is 47.1 Å². The van der Waals surface area contributed by atoms with Crippen LogP contribution in [0.15, 0.2) is 0 Å². The molecule has 2 heteroatoms. The fourth-order valence-corrected chi connectivity index (χ4v) is 2.31. The third-order valence-corrected chi connectivity index (χ3v) is 4.10. The van der Waals surface area contributed by atoms with Crippen molar-refractivity contribution < 1.29 is 5.11 Å². The predicted molar refractivity (Wildman–Crippen MR) is 55.3 cm³/mol. The highest BCUT2D eigenvalue weighted by Gasteiger charge is 2.63. The molecule has 0 heterocycles. The van der Waals surface area contributed by atoms with Crippen LogP contribution in [0.1, 0.15) is 41.0 Å². The lowest BCUT2D eigenvalue weighted by atomic mass is 9.75. The monoisotopic (exact) mass is 185 g/mol. The van der Waals surface area contributed by atoms with E-state index in [2.05, 4.69) is 20.8 Å². The topological polar surface area (TPSA) is 46.2 Å². The number of aliphatic hydroxyl groups excluding tert-OH is 1. The average molecular weight is 185 g/mol. The van der Waals surface area contributed by atoms with Crippen LogP contribution in [0.25, 0.3) is 0 Å². The van der Waals surface area contributed by atoms with E-state index in [0.29, 0.717) is 6.54 Å². The number of hydrogen-bond donors (Lipinski definition) is 2. The van der Waals surface area contributed by atoms with Crippen LogP contribution in [0.5, 0.6) is 0 Å². The Hall–Kier alpha value is -0.0800. The van der Waals surface area contributed by atoms with Gasteiger partial charge in [-0.05, 0) is 23.8 Å². The summed E-state index contributed by atoms with van der Waals surface area (Å²) >= 11 is 0. The van der Waals surface area contributed by atoms with Gasteiger partial charge >= 0.3 is 0 Å². The highest BCUT2D eigenvalue weighted by molar-refractivity contribution is 5.13. The van der Waals surface area contributed by atoms with Gasteiger partial charge in [0.15, 0.2) is 0 Å². The van der Waals surface area contributed by atoms with E-state index in [0.717, 1.165) is 6.42 Å². The van der Waals surface area contributed by atoms with E-state index in [1.165, 1.54) is 0 Å². The van der Waals surface area contributed by atoms with E-state index in [9.17, 15) is 5.11 Å². The van der Waals surface area contributed by atoms with Gasteiger partial charge in [-0.1, -0.05) is 34.6 Å². The molecule has 78 valence electrons. The summed E-state index contributed by atoms with van der Waals surface area (Å²) in [5.74, 6) is 0. The van der Waals surface area contributed by atoms with Gasteiger partial charge in [0.2, 0.25) is 0 Å². The lowest BCUT2D eigenvalue weighted by molar-refractivity contribution is -0.0130. The number of hydrogen-bond acceptors (Lipinski definition) is 2. The minimum Gasteiger partial charge on any atom is -0.392 e. The molecular formula is C11H23NO. The van der Waals surface area contributed by atoms with Gasteiger partial charge in [0, 0.05) is 5.41 Å². The Morgan fingerprint density at radius 1 is 1.38 bits per heavy atom. The molecule has 0 aromatic carbocycles. The molecule has 1 aliphatic carbocycles. The van der Waals surface area contributed by atoms with Gasteiger partial charge in [-0.2, -0.15) is 0 Å². The number of aliphatic hydroxyl groups is 1. The first kappa shape index (κ1) is 11.0. The molecule has 0 radical (unpaired) electrons. The second-order valence-corrected chi connectivity index (χ2v) is 6.07. The second-order valence-electron chi connectivity index (χ2n) is 6.07. The maximum Gasteiger partial charge on any atom is 0.0661 e. The van der Waals surface area contributed by atoms with Gasteiger partial charge in [0.1, 0.15) is 0 Å². The fraction of sp³-hybridized carbons (Fsp3) is 1.00. The van der Waals surface area contributed by atoms with Crippen LogP contribution in [0, 0.1) is 16.2 Å². The van der Waals surface area contributed by atoms with Gasteiger partial charge in [-0.3, -0.25) is 0 Å². The molecule has 0 amide bonds. The molecule has 3 N–H and O–H groups in total. The van der Waals surface area contributed by atoms with Crippen molar-refractivity contribution in [1.29, 1.82) is 0 Å². The lowest BCUT2D eigenvalue weighted by Crippen LogP contribution is -2.42. The molecule has 0 aliphatic heterocycles. The molecule has 0 bridgehead atoms. The summed E-state index contributed by atoms with van der Waals surface area (Å²) < 4.78 is 0. The van der Waals surface area contributed by atoms with Crippen LogP contribution < -0.4 is 5.73 Å². The van der Waals surface area contributed by atoms with Gasteiger partial charge in [0.25, 0.3) is 0 Å². The summed E-state index contributed by atoms with van der Waals surface area (Å²) in [6.07, 6.45) is 0.810. The molecule has 1 aliphatic rings. The molecule has 0 spiro atoms. The Kier molecular flexibility index (Phi) is 2.29. The quantitative estimate of drug-likeness (QED) is 0.704. The van der Waals surface area contributed by atoms with E-state index in [-0.39, 0.29) is 22.3 Å². The van der Waals surface area contributed by atoms with Gasteiger partial charge < -0.3 is 10.8 Å². The zero-order valence-corrected chi connectivity index (χ0v) is 9.52. The fourth-order valence-electron chi connectivity index (χ4n) is 2.31. The predicted octanol–water partition coefficient (Wildman–Crippen LogP) is 1.77. The highest BCUT2D eigenvalue weighted by Crippen LogP contribution is 2.67. The van der Waals surface area contributed by atoms with Crippen LogP contribution in [0.3, 0.4) is 0 Å². The smallest absolute Gasteiger partial charge is 0.0661 e. The van der Waals surface area contributed by atoms with Crippen molar-refractivity contribution in [3.8, 4) is 0 Å². The molecule has 0 saturated heterocycles. The summed E-state index contributed by atoms with van der Waals surface area (Å²) in [5.41, 5.74) is 5.84. The molecule has 1 fully saturated rings. The first-order valence-corrected chi connectivity index (χ1v) is 5.05. The van der Waals surface area contributed by atoms with Gasteiger partial charge in [-0.25, -0.2) is 0 Å². The van der Waals surface area contributed by atoms with Crippen molar-refractivity contribution >= 4 is 0 Å². The van der Waals surface area contributed by atoms with E-state index >= 15 is 0 Å². The van der Waals surface area contributed by atoms with Crippen molar-refractivity contribution in [3.05, 3.63) is 0 Å². The minimum atomic E-state index is -0.292. The maximum absolute atomic E-state index is 10.2. The van der Waals surface area contributed by atoms with E-state index < -0.39 is 0 Å². The molecule has 0 aromatic rings. The Labute approximate surface area is 81.5 Å². The van der Waals surface area contributed by atoms with Crippen LogP contribution >= 0.6 is 0 Å². The molecular weight excluding hydrogens is 162 g/mol. The molecule has 1 saturated carbocycles. The standard InChI is InChI=1S/C11H23NO/c1-9(2,7-12)8(13)11(5)6-10(11,3)4/h8,13H,6-7,12H2,1-5H3. The SMILES string of the molecule is CC(C)(CN)C(O)C1(C)CC1(C)C. The zero-order chi connectivity index (χ0) is 10.5. The van der Waals surface area contributed by atoms with Crippen molar-refractivity contribution in [2.75, 3.05) is 6.54 Å². The normalized spacial score (nSPS) is 34.4. The third kappa shape index (κ3) is 1.50. The molecule has 2 unspecified atom stereocenters. The van der Waals surface area contributed by atoms with Crippen LogP contribution in [0.2, 0.25) is 0 Å². The van der Waals surface area contributed by atoms with Crippen LogP contribution in [-0.4, -0.2) is 17.8 Å².